The molecule has 4 amide bonds. The summed E-state index contributed by atoms with van der Waals surface area (Å²) in [5.41, 5.74) is -0.403. The number of nitrogens with zero attached hydrogens (tertiary/aromatic N) is 4. The summed E-state index contributed by atoms with van der Waals surface area (Å²) >= 11 is 0. The molecule has 0 N–H and O–H groups in total. The maximum absolute atomic E-state index is 12.7. The van der Waals surface area contributed by atoms with Crippen LogP contribution in [0.5, 0.6) is 11.5 Å². The molecule has 40 heavy (non-hydrogen) atoms. The summed E-state index contributed by atoms with van der Waals surface area (Å²) in [5.74, 6) is -2.53. The SMILES string of the molecule is O=C(Oc1ccc([N+](=O)[O-])cc1CCN1C(=O)C=CC1=O)Oc1ccc([N+](=O)[O-])cc1CCN1C(=O)C=CC1=O. The van der Waals surface area contributed by atoms with Gasteiger partial charge in [-0.05, 0) is 25.0 Å². The van der Waals surface area contributed by atoms with Crippen LogP contribution in [0.2, 0.25) is 0 Å². The second-order valence-corrected chi connectivity index (χ2v) is 8.38. The minimum Gasteiger partial charge on any atom is -0.394 e. The zero-order valence-electron chi connectivity index (χ0n) is 20.4. The van der Waals surface area contributed by atoms with Crippen molar-refractivity contribution in [2.24, 2.45) is 0 Å². The fourth-order valence-electron chi connectivity index (χ4n) is 3.92. The molecule has 2 aliphatic heterocycles. The zero-order chi connectivity index (χ0) is 29.0. The number of amides is 4. The second-order valence-electron chi connectivity index (χ2n) is 8.38. The summed E-state index contributed by atoms with van der Waals surface area (Å²) in [4.78, 5) is 83.0. The van der Waals surface area contributed by atoms with Crippen LogP contribution < -0.4 is 9.47 Å². The quantitative estimate of drug-likeness (QED) is 0.138. The second kappa shape index (κ2) is 11.3. The molecule has 2 aliphatic rings. The third-order valence-electron chi connectivity index (χ3n) is 5.91. The molecule has 0 aliphatic carbocycles. The first kappa shape index (κ1) is 27.3. The Morgan fingerprint density at radius 2 is 1.00 bits per heavy atom. The van der Waals surface area contributed by atoms with Crippen molar-refractivity contribution < 1.29 is 43.3 Å². The predicted octanol–water partition coefficient (Wildman–Crippen LogP) is 2.02. The van der Waals surface area contributed by atoms with Crippen LogP contribution in [0.1, 0.15) is 11.1 Å². The van der Waals surface area contributed by atoms with Crippen LogP contribution in [-0.2, 0) is 32.0 Å². The largest absolute Gasteiger partial charge is 0.519 e. The van der Waals surface area contributed by atoms with E-state index in [0.717, 1.165) is 70.5 Å². The number of hydrogen-bond acceptors (Lipinski definition) is 11. The maximum atomic E-state index is 12.7. The Morgan fingerprint density at radius 1 is 0.650 bits per heavy atom. The van der Waals surface area contributed by atoms with Gasteiger partial charge in [-0.2, -0.15) is 0 Å². The van der Waals surface area contributed by atoms with E-state index in [-0.39, 0.29) is 59.9 Å². The van der Waals surface area contributed by atoms with Crippen molar-refractivity contribution in [2.75, 3.05) is 13.1 Å². The molecule has 0 atom stereocenters. The number of benzene rings is 2. The topological polar surface area (TPSA) is 197 Å². The van der Waals surface area contributed by atoms with Crippen LogP contribution in [-0.4, -0.2) is 62.5 Å². The Balaban J connectivity index is 1.52. The summed E-state index contributed by atoms with van der Waals surface area (Å²) in [7, 11) is 0. The van der Waals surface area contributed by atoms with Crippen LogP contribution >= 0.6 is 0 Å². The number of carbonyl (C=O) groups excluding carboxylic acids is 5. The summed E-state index contributed by atoms with van der Waals surface area (Å²) in [6.45, 7) is -0.293. The van der Waals surface area contributed by atoms with Gasteiger partial charge in [-0.15, -0.1) is 0 Å². The summed E-state index contributed by atoms with van der Waals surface area (Å²) < 4.78 is 10.5. The van der Waals surface area contributed by atoms with E-state index in [9.17, 15) is 44.2 Å². The van der Waals surface area contributed by atoms with Crippen LogP contribution in [0.4, 0.5) is 16.2 Å². The molecule has 0 fully saturated rings. The minimum absolute atomic E-state index is 0.0852. The number of nitro benzene ring substituents is 2. The molecule has 15 heteroatoms. The van der Waals surface area contributed by atoms with Gasteiger partial charge in [0, 0.05) is 72.8 Å². The number of non-ortho nitro benzene ring substituents is 2. The Kier molecular flexibility index (Phi) is 7.74. The van der Waals surface area contributed by atoms with Crippen molar-refractivity contribution in [1.82, 2.24) is 9.80 Å². The van der Waals surface area contributed by atoms with Crippen molar-refractivity contribution in [3.8, 4) is 11.5 Å². The smallest absolute Gasteiger partial charge is 0.394 e. The van der Waals surface area contributed by atoms with Crippen molar-refractivity contribution in [3.05, 3.63) is 92.1 Å². The standard InChI is InChI=1S/C25H18N4O11/c30-21-5-6-22(31)26(21)11-9-15-13-17(28(35)36)1-3-19(15)39-25(34)40-20-4-2-18(29(37)38)14-16(20)10-12-27-23(32)7-8-24(27)33/h1-8,13-14H,9-12H2. The lowest BCUT2D eigenvalue weighted by atomic mass is 10.1. The van der Waals surface area contributed by atoms with Gasteiger partial charge < -0.3 is 9.47 Å². The monoisotopic (exact) mass is 550 g/mol. The van der Waals surface area contributed by atoms with Gasteiger partial charge >= 0.3 is 6.16 Å². The molecule has 0 radical (unpaired) electrons. The van der Waals surface area contributed by atoms with E-state index >= 15 is 0 Å². The average Bonchev–Trinajstić information content (AvgIpc) is 3.41. The van der Waals surface area contributed by atoms with Crippen LogP contribution in [0.3, 0.4) is 0 Å². The first-order chi connectivity index (χ1) is 19.0. The highest BCUT2D eigenvalue weighted by Gasteiger charge is 2.26. The van der Waals surface area contributed by atoms with E-state index in [1.807, 2.05) is 0 Å². The highest BCUT2D eigenvalue weighted by atomic mass is 16.7. The average molecular weight is 550 g/mol. The normalized spacial score (nSPS) is 14.3. The van der Waals surface area contributed by atoms with Crippen LogP contribution in [0.15, 0.2) is 60.7 Å². The Hall–Kier alpha value is -5.73. The molecule has 2 aromatic rings. The van der Waals surface area contributed by atoms with Gasteiger partial charge in [0.2, 0.25) is 0 Å². The van der Waals surface area contributed by atoms with Crippen molar-refractivity contribution >= 4 is 41.2 Å². The zero-order valence-corrected chi connectivity index (χ0v) is 20.4. The number of nitro groups is 2. The van der Waals surface area contributed by atoms with E-state index in [0.29, 0.717) is 0 Å². The molecular weight excluding hydrogens is 532 g/mol. The Morgan fingerprint density at radius 3 is 1.32 bits per heavy atom. The molecular formula is C25H18N4O11. The molecule has 0 aromatic heterocycles. The van der Waals surface area contributed by atoms with E-state index in [1.54, 1.807) is 0 Å². The summed E-state index contributed by atoms with van der Waals surface area (Å²) in [5, 5.41) is 22.5. The first-order valence-electron chi connectivity index (χ1n) is 11.5. The predicted molar refractivity (Wildman–Crippen MR) is 132 cm³/mol. The number of rotatable bonds is 10. The molecule has 2 heterocycles. The van der Waals surface area contributed by atoms with Gasteiger partial charge in [-0.1, -0.05) is 0 Å². The van der Waals surface area contributed by atoms with E-state index in [4.69, 9.17) is 9.47 Å². The van der Waals surface area contributed by atoms with E-state index < -0.39 is 39.6 Å². The lowest BCUT2D eigenvalue weighted by Crippen LogP contribution is -2.32. The number of ether oxygens (including phenoxy) is 2. The molecule has 2 aromatic carbocycles. The highest BCUT2D eigenvalue weighted by Crippen LogP contribution is 2.28. The fourth-order valence-corrected chi connectivity index (χ4v) is 3.92. The first-order valence-corrected chi connectivity index (χ1v) is 11.5. The van der Waals surface area contributed by atoms with Gasteiger partial charge in [0.1, 0.15) is 11.5 Å². The summed E-state index contributed by atoms with van der Waals surface area (Å²) in [6, 6.07) is 6.70. The Labute approximate surface area is 224 Å². The number of hydrogen-bond donors (Lipinski definition) is 0. The van der Waals surface area contributed by atoms with Gasteiger partial charge in [0.15, 0.2) is 0 Å². The molecule has 0 bridgehead atoms. The third-order valence-corrected chi connectivity index (χ3v) is 5.91. The molecule has 0 saturated heterocycles. The van der Waals surface area contributed by atoms with Crippen molar-refractivity contribution in [2.45, 2.75) is 12.8 Å². The van der Waals surface area contributed by atoms with Crippen LogP contribution in [0.25, 0.3) is 0 Å². The third kappa shape index (κ3) is 6.04. The summed E-state index contributed by atoms with van der Waals surface area (Å²) in [6.07, 6.45) is 2.86. The lowest BCUT2D eigenvalue weighted by molar-refractivity contribution is -0.385. The molecule has 0 saturated carbocycles. The van der Waals surface area contributed by atoms with Gasteiger partial charge in [0.25, 0.3) is 35.0 Å². The van der Waals surface area contributed by atoms with Gasteiger partial charge in [0.05, 0.1) is 9.85 Å². The molecule has 0 spiro atoms. The minimum atomic E-state index is -1.30. The van der Waals surface area contributed by atoms with E-state index in [1.165, 1.54) is 0 Å². The van der Waals surface area contributed by atoms with Crippen molar-refractivity contribution in [1.29, 1.82) is 0 Å². The fraction of sp³-hybridized carbons (Fsp3) is 0.160. The highest BCUT2D eigenvalue weighted by molar-refractivity contribution is 6.13. The number of imide groups is 2. The van der Waals surface area contributed by atoms with E-state index in [2.05, 4.69) is 0 Å². The number of carbonyl (C=O) groups is 5. The van der Waals surface area contributed by atoms with Crippen LogP contribution in [0, 0.1) is 20.2 Å². The van der Waals surface area contributed by atoms with Gasteiger partial charge in [-0.25, -0.2) is 4.79 Å². The molecule has 0 unspecified atom stereocenters. The van der Waals surface area contributed by atoms with Gasteiger partial charge in [-0.3, -0.25) is 49.2 Å². The Bertz CT molecular complexity index is 1380. The maximum Gasteiger partial charge on any atom is 0.519 e. The molecule has 204 valence electrons. The molecule has 4 rings (SSSR count). The lowest BCUT2D eigenvalue weighted by Gasteiger charge is -2.16. The molecule has 15 nitrogen and oxygen atoms in total. The van der Waals surface area contributed by atoms with Crippen molar-refractivity contribution in [3.63, 3.8) is 0 Å².